The second-order valence-corrected chi connectivity index (χ2v) is 7.43. The van der Waals surface area contributed by atoms with Crippen LogP contribution in [-0.4, -0.2) is 55.7 Å². The Morgan fingerprint density at radius 3 is 2.59 bits per heavy atom. The first-order valence-electron chi connectivity index (χ1n) is 8.69. The number of aliphatic hydroxyl groups is 2. The van der Waals surface area contributed by atoms with Gasteiger partial charge in [-0.15, -0.1) is 0 Å². The summed E-state index contributed by atoms with van der Waals surface area (Å²) in [7, 11) is 0. The van der Waals surface area contributed by atoms with Crippen molar-refractivity contribution in [1.82, 2.24) is 0 Å². The van der Waals surface area contributed by atoms with Crippen molar-refractivity contribution in [2.45, 2.75) is 56.2 Å². The van der Waals surface area contributed by atoms with E-state index in [1.807, 2.05) is 0 Å². The van der Waals surface area contributed by atoms with Gasteiger partial charge in [0.1, 0.15) is 29.3 Å². The quantitative estimate of drug-likeness (QED) is 0.335. The Bertz CT molecular complexity index is 731. The molecule has 1 aliphatic heterocycles. The molecule has 1 aliphatic rings. The maximum atomic E-state index is 12.5. The molecule has 148 valence electrons. The van der Waals surface area contributed by atoms with Gasteiger partial charge in [-0.25, -0.2) is 4.79 Å². The third-order valence-electron chi connectivity index (χ3n) is 4.31. The first-order chi connectivity index (χ1) is 12.7. The molecule has 0 amide bonds. The number of ketones is 1. The van der Waals surface area contributed by atoms with Crippen LogP contribution in [0.25, 0.3) is 6.08 Å². The fraction of sp³-hybridized carbons (Fsp3) is 0.474. The van der Waals surface area contributed by atoms with E-state index in [4.69, 9.17) is 4.74 Å². The third-order valence-corrected chi connectivity index (χ3v) is 4.70. The third kappa shape index (κ3) is 5.72. The highest BCUT2D eigenvalue weighted by molar-refractivity contribution is 7.81. The first kappa shape index (κ1) is 21.3. The number of aromatic hydroxyl groups is 2. The van der Waals surface area contributed by atoms with Gasteiger partial charge in [-0.05, 0) is 37.8 Å². The average molecular weight is 396 g/mol. The number of allylic oxidation sites excluding steroid dienone is 1. The highest BCUT2D eigenvalue weighted by atomic mass is 32.1. The predicted molar refractivity (Wildman–Crippen MR) is 102 cm³/mol. The van der Waals surface area contributed by atoms with Crippen LogP contribution < -0.4 is 0 Å². The van der Waals surface area contributed by atoms with E-state index >= 15 is 0 Å². The Hall–Kier alpha value is -2.03. The molecule has 0 aliphatic carbocycles. The molecule has 0 aromatic heterocycles. The monoisotopic (exact) mass is 396 g/mol. The molecular formula is C19H24O7S. The van der Waals surface area contributed by atoms with E-state index in [1.54, 1.807) is 13.0 Å². The standard InChI is InChI=1S/C19H24O7S/c1-10-6-13(27)9-16(23)18(24)14(21)5-3-2-4-11-7-12(20)8-15(22)17(11)19(25)26-10/h2,4,7-8,10,13-14,18,20-22,24,27H,3,5-6,9H2,1H3/b4-2+/t10-,13+,14-,18-/m0/s1. The van der Waals surface area contributed by atoms with Crippen LogP contribution in [0.3, 0.4) is 0 Å². The summed E-state index contributed by atoms with van der Waals surface area (Å²) in [5.74, 6) is -1.91. The molecular weight excluding hydrogens is 372 g/mol. The summed E-state index contributed by atoms with van der Waals surface area (Å²) >= 11 is 4.30. The summed E-state index contributed by atoms with van der Waals surface area (Å²) in [6, 6.07) is 2.36. The lowest BCUT2D eigenvalue weighted by molar-refractivity contribution is -0.133. The average Bonchev–Trinajstić information content (AvgIpc) is 2.55. The van der Waals surface area contributed by atoms with Crippen LogP contribution >= 0.6 is 12.6 Å². The number of benzene rings is 1. The minimum Gasteiger partial charge on any atom is -0.508 e. The lowest BCUT2D eigenvalue weighted by atomic mass is 9.99. The molecule has 0 radical (unpaired) electrons. The van der Waals surface area contributed by atoms with E-state index in [1.165, 1.54) is 12.1 Å². The maximum absolute atomic E-state index is 12.5. The van der Waals surface area contributed by atoms with Crippen LogP contribution in [0.5, 0.6) is 11.5 Å². The topological polar surface area (TPSA) is 124 Å². The van der Waals surface area contributed by atoms with Gasteiger partial charge in [-0.1, -0.05) is 12.2 Å². The van der Waals surface area contributed by atoms with Gasteiger partial charge in [0, 0.05) is 17.7 Å². The lowest BCUT2D eigenvalue weighted by Crippen LogP contribution is -2.35. The van der Waals surface area contributed by atoms with Crippen molar-refractivity contribution in [1.29, 1.82) is 0 Å². The van der Waals surface area contributed by atoms with Crippen LogP contribution in [0.2, 0.25) is 0 Å². The van der Waals surface area contributed by atoms with Gasteiger partial charge in [-0.3, -0.25) is 4.79 Å². The summed E-state index contributed by atoms with van der Waals surface area (Å²) in [5, 5.41) is 39.2. The second kappa shape index (κ2) is 9.25. The van der Waals surface area contributed by atoms with Crippen molar-refractivity contribution in [3.05, 3.63) is 29.3 Å². The van der Waals surface area contributed by atoms with Crippen molar-refractivity contribution >= 4 is 30.5 Å². The molecule has 4 atom stereocenters. The summed E-state index contributed by atoms with van der Waals surface area (Å²) in [4.78, 5) is 24.6. The predicted octanol–water partition coefficient (Wildman–Crippen LogP) is 1.82. The zero-order valence-electron chi connectivity index (χ0n) is 14.9. The molecule has 1 aromatic carbocycles. The van der Waals surface area contributed by atoms with Gasteiger partial charge in [0.2, 0.25) is 0 Å². The summed E-state index contributed by atoms with van der Waals surface area (Å²) in [6.07, 6.45) is 0.376. The summed E-state index contributed by atoms with van der Waals surface area (Å²) in [6.45, 7) is 1.63. The number of phenolic OH excluding ortho intramolecular Hbond substituents is 2. The molecule has 8 heteroatoms. The number of carbonyl (C=O) groups excluding carboxylic acids is 2. The van der Waals surface area contributed by atoms with Crippen molar-refractivity contribution in [3.63, 3.8) is 0 Å². The fourth-order valence-corrected chi connectivity index (χ4v) is 3.42. The molecule has 7 nitrogen and oxygen atoms in total. The number of rotatable bonds is 0. The number of cyclic esters (lactones) is 1. The van der Waals surface area contributed by atoms with Crippen LogP contribution in [0, 0.1) is 0 Å². The number of esters is 1. The fourth-order valence-electron chi connectivity index (χ4n) is 2.95. The number of aliphatic hydroxyl groups excluding tert-OH is 2. The molecule has 0 saturated carbocycles. The number of phenols is 2. The zero-order valence-corrected chi connectivity index (χ0v) is 15.8. The number of Topliss-reactive ketones (excluding diaryl/α,β-unsaturated/α-hetero) is 1. The molecule has 0 saturated heterocycles. The van der Waals surface area contributed by atoms with Gasteiger partial charge in [0.05, 0.1) is 6.10 Å². The van der Waals surface area contributed by atoms with Gasteiger partial charge >= 0.3 is 5.97 Å². The van der Waals surface area contributed by atoms with Crippen LogP contribution in [-0.2, 0) is 9.53 Å². The van der Waals surface area contributed by atoms with E-state index in [9.17, 15) is 30.0 Å². The molecule has 1 aromatic rings. The largest absolute Gasteiger partial charge is 0.508 e. The molecule has 0 bridgehead atoms. The Morgan fingerprint density at radius 2 is 1.89 bits per heavy atom. The number of ether oxygens (including phenoxy) is 1. The molecule has 2 rings (SSSR count). The van der Waals surface area contributed by atoms with Gasteiger partial charge < -0.3 is 25.2 Å². The van der Waals surface area contributed by atoms with Crippen LogP contribution in [0.15, 0.2) is 18.2 Å². The van der Waals surface area contributed by atoms with Crippen molar-refractivity contribution in [2.75, 3.05) is 0 Å². The molecule has 0 unspecified atom stereocenters. The van der Waals surface area contributed by atoms with Crippen molar-refractivity contribution in [3.8, 4) is 11.5 Å². The molecule has 4 N–H and O–H groups in total. The zero-order chi connectivity index (χ0) is 20.1. The Balaban J connectivity index is 2.36. The minimum atomic E-state index is -1.50. The van der Waals surface area contributed by atoms with Gasteiger partial charge in [0.15, 0.2) is 5.78 Å². The van der Waals surface area contributed by atoms with E-state index in [-0.39, 0.29) is 36.1 Å². The molecule has 0 fully saturated rings. The SMILES string of the molecule is C[C@H]1C[C@@H](S)CC(=O)[C@@H](O)[C@@H](O)CC/C=C/c2cc(O)cc(O)c2C(=O)O1. The summed E-state index contributed by atoms with van der Waals surface area (Å²) < 4.78 is 5.34. The number of thiol groups is 1. The molecule has 27 heavy (non-hydrogen) atoms. The lowest BCUT2D eigenvalue weighted by Gasteiger charge is -2.20. The van der Waals surface area contributed by atoms with E-state index in [2.05, 4.69) is 12.6 Å². The van der Waals surface area contributed by atoms with Gasteiger partial charge in [-0.2, -0.15) is 12.6 Å². The normalized spacial score (nSPS) is 29.2. The maximum Gasteiger partial charge on any atom is 0.342 e. The molecule has 0 spiro atoms. The Morgan fingerprint density at radius 1 is 1.19 bits per heavy atom. The Kier molecular flexibility index (Phi) is 7.29. The summed E-state index contributed by atoms with van der Waals surface area (Å²) in [5.41, 5.74) is 0.172. The van der Waals surface area contributed by atoms with Crippen molar-refractivity contribution in [2.24, 2.45) is 0 Å². The highest BCUT2D eigenvalue weighted by Gasteiger charge is 2.27. The first-order valence-corrected chi connectivity index (χ1v) is 9.21. The Labute approximate surface area is 162 Å². The van der Waals surface area contributed by atoms with E-state index < -0.39 is 41.1 Å². The van der Waals surface area contributed by atoms with Crippen LogP contribution in [0.4, 0.5) is 0 Å². The number of hydrogen-bond donors (Lipinski definition) is 5. The van der Waals surface area contributed by atoms with Crippen LogP contribution in [0.1, 0.15) is 48.5 Å². The number of hydrogen-bond acceptors (Lipinski definition) is 8. The number of carbonyl (C=O) groups is 2. The van der Waals surface area contributed by atoms with E-state index in [0.29, 0.717) is 6.42 Å². The highest BCUT2D eigenvalue weighted by Crippen LogP contribution is 2.30. The smallest absolute Gasteiger partial charge is 0.342 e. The van der Waals surface area contributed by atoms with Gasteiger partial charge in [0.25, 0.3) is 0 Å². The second-order valence-electron chi connectivity index (χ2n) is 6.70. The van der Waals surface area contributed by atoms with Crippen molar-refractivity contribution < 1.29 is 34.8 Å². The number of fused-ring (bicyclic) bond motifs is 1. The minimum absolute atomic E-state index is 0.0746. The van der Waals surface area contributed by atoms with E-state index in [0.717, 1.165) is 6.07 Å². The molecule has 1 heterocycles.